The van der Waals surface area contributed by atoms with Crippen LogP contribution in [0.4, 0.5) is 5.69 Å². The molecule has 1 aromatic rings. The van der Waals surface area contributed by atoms with Gasteiger partial charge in [-0.2, -0.15) is 0 Å². The molecule has 0 aliphatic heterocycles. The molecule has 19 heavy (non-hydrogen) atoms. The van der Waals surface area contributed by atoms with E-state index in [4.69, 9.17) is 25.1 Å². The summed E-state index contributed by atoms with van der Waals surface area (Å²) in [6.07, 6.45) is 0.815. The molecule has 0 aliphatic carbocycles. The number of hydrogen-bond donors (Lipinski definition) is 2. The predicted molar refractivity (Wildman–Crippen MR) is 70.6 cm³/mol. The Morgan fingerprint density at radius 2 is 2.05 bits per heavy atom. The second kappa shape index (κ2) is 8.34. The van der Waals surface area contributed by atoms with E-state index in [-0.39, 0.29) is 23.6 Å². The molecule has 0 radical (unpaired) electrons. The Morgan fingerprint density at radius 3 is 2.74 bits per heavy atom. The highest BCUT2D eigenvalue weighted by Gasteiger charge is 2.14. The summed E-state index contributed by atoms with van der Waals surface area (Å²) in [4.78, 5) is 11.0. The molecular weight excluding hydrogens is 250 g/mol. The first kappa shape index (κ1) is 15.3. The number of rotatable bonds is 9. The number of ether oxygens (including phenoxy) is 3. The van der Waals surface area contributed by atoms with Crippen LogP contribution in [0.5, 0.6) is 5.75 Å². The summed E-state index contributed by atoms with van der Waals surface area (Å²) in [5, 5.41) is 9.04. The molecular formula is C13H19NO5. The Balaban J connectivity index is 2.37. The number of nitrogen functional groups attached to an aromatic ring is 1. The molecule has 6 nitrogen and oxygen atoms in total. The highest BCUT2D eigenvalue weighted by Crippen LogP contribution is 2.24. The van der Waals surface area contributed by atoms with Crippen molar-refractivity contribution in [3.05, 3.63) is 23.8 Å². The first-order chi connectivity index (χ1) is 9.16. The molecule has 0 aromatic heterocycles. The molecule has 0 bridgehead atoms. The minimum Gasteiger partial charge on any atom is -0.490 e. The van der Waals surface area contributed by atoms with E-state index in [0.29, 0.717) is 19.8 Å². The van der Waals surface area contributed by atoms with E-state index in [0.717, 1.165) is 6.42 Å². The van der Waals surface area contributed by atoms with E-state index in [1.165, 1.54) is 6.07 Å². The number of carbonyl (C=O) groups is 1. The fourth-order valence-corrected chi connectivity index (χ4v) is 1.52. The fraction of sp³-hybridized carbons (Fsp3) is 0.462. The lowest BCUT2D eigenvalue weighted by Gasteiger charge is -2.11. The summed E-state index contributed by atoms with van der Waals surface area (Å²) in [5.74, 6) is -0.845. The van der Waals surface area contributed by atoms with Gasteiger partial charge in [-0.25, -0.2) is 4.79 Å². The van der Waals surface area contributed by atoms with Gasteiger partial charge in [-0.05, 0) is 18.6 Å². The number of anilines is 1. The predicted octanol–water partition coefficient (Wildman–Crippen LogP) is 1.40. The van der Waals surface area contributed by atoms with Crippen molar-refractivity contribution in [2.75, 3.05) is 39.3 Å². The molecule has 0 fully saturated rings. The number of carboxylic acid groups (broad SMARTS) is 1. The lowest BCUT2D eigenvalue weighted by Crippen LogP contribution is -2.11. The molecule has 1 rings (SSSR count). The Hall–Kier alpha value is -1.79. The van der Waals surface area contributed by atoms with Crippen molar-refractivity contribution in [3.63, 3.8) is 0 Å². The third kappa shape index (κ3) is 5.15. The van der Waals surface area contributed by atoms with Gasteiger partial charge >= 0.3 is 5.97 Å². The highest BCUT2D eigenvalue weighted by molar-refractivity contribution is 5.96. The zero-order valence-electron chi connectivity index (χ0n) is 10.9. The van der Waals surface area contributed by atoms with Gasteiger partial charge in [-0.3, -0.25) is 0 Å². The topological polar surface area (TPSA) is 91.0 Å². The average molecular weight is 269 g/mol. The monoisotopic (exact) mass is 269 g/mol. The maximum atomic E-state index is 11.0. The Morgan fingerprint density at radius 1 is 1.26 bits per heavy atom. The highest BCUT2D eigenvalue weighted by atomic mass is 16.5. The molecule has 0 atom stereocenters. The normalized spacial score (nSPS) is 10.4. The standard InChI is InChI=1S/C13H19NO5/c1-17-6-3-7-18-8-9-19-11-5-2-4-10(14)12(11)13(15)16/h2,4-5H,3,6-9,14H2,1H3,(H,15,16). The van der Waals surface area contributed by atoms with Gasteiger partial charge in [-0.15, -0.1) is 0 Å². The second-order valence-corrected chi connectivity index (χ2v) is 3.83. The van der Waals surface area contributed by atoms with E-state index < -0.39 is 5.97 Å². The van der Waals surface area contributed by atoms with Crippen molar-refractivity contribution < 1.29 is 24.1 Å². The summed E-state index contributed by atoms with van der Waals surface area (Å²) in [6, 6.07) is 4.75. The van der Waals surface area contributed by atoms with Gasteiger partial charge < -0.3 is 25.1 Å². The van der Waals surface area contributed by atoms with Crippen molar-refractivity contribution in [3.8, 4) is 5.75 Å². The molecule has 0 spiro atoms. The van der Waals surface area contributed by atoms with Crippen molar-refractivity contribution in [1.29, 1.82) is 0 Å². The molecule has 0 saturated heterocycles. The van der Waals surface area contributed by atoms with Crippen molar-refractivity contribution in [2.45, 2.75) is 6.42 Å². The number of carboxylic acids is 1. The Bertz CT molecular complexity index is 408. The average Bonchev–Trinajstić information content (AvgIpc) is 2.37. The largest absolute Gasteiger partial charge is 0.490 e. The molecule has 1 aromatic carbocycles. The molecule has 0 heterocycles. The molecule has 0 unspecified atom stereocenters. The van der Waals surface area contributed by atoms with Crippen molar-refractivity contribution >= 4 is 11.7 Å². The second-order valence-electron chi connectivity index (χ2n) is 3.83. The number of benzene rings is 1. The summed E-state index contributed by atoms with van der Waals surface area (Å²) >= 11 is 0. The lowest BCUT2D eigenvalue weighted by atomic mass is 10.1. The van der Waals surface area contributed by atoms with Crippen LogP contribution in [-0.4, -0.2) is 44.6 Å². The van der Waals surface area contributed by atoms with Gasteiger partial charge in [0.1, 0.15) is 17.9 Å². The van der Waals surface area contributed by atoms with Crippen molar-refractivity contribution in [2.24, 2.45) is 0 Å². The van der Waals surface area contributed by atoms with Crippen LogP contribution in [0.3, 0.4) is 0 Å². The van der Waals surface area contributed by atoms with Crippen LogP contribution >= 0.6 is 0 Å². The number of methoxy groups -OCH3 is 1. The van der Waals surface area contributed by atoms with E-state index in [1.54, 1.807) is 19.2 Å². The van der Waals surface area contributed by atoms with Gasteiger partial charge in [0.25, 0.3) is 0 Å². The number of nitrogens with two attached hydrogens (primary N) is 1. The van der Waals surface area contributed by atoms with E-state index in [9.17, 15) is 4.79 Å². The van der Waals surface area contributed by atoms with Gasteiger partial charge in [0.2, 0.25) is 0 Å². The maximum absolute atomic E-state index is 11.0. The van der Waals surface area contributed by atoms with E-state index in [1.807, 2.05) is 0 Å². The third-order valence-electron chi connectivity index (χ3n) is 2.39. The SMILES string of the molecule is COCCCOCCOc1cccc(N)c1C(=O)O. The fourth-order valence-electron chi connectivity index (χ4n) is 1.52. The van der Waals surface area contributed by atoms with Crippen molar-refractivity contribution in [1.82, 2.24) is 0 Å². The maximum Gasteiger partial charge on any atom is 0.341 e. The first-order valence-corrected chi connectivity index (χ1v) is 5.98. The summed E-state index contributed by atoms with van der Waals surface area (Å²) in [7, 11) is 1.64. The van der Waals surface area contributed by atoms with E-state index in [2.05, 4.69) is 0 Å². The number of hydrogen-bond acceptors (Lipinski definition) is 5. The first-order valence-electron chi connectivity index (χ1n) is 5.98. The molecule has 106 valence electrons. The minimum atomic E-state index is -1.10. The zero-order valence-corrected chi connectivity index (χ0v) is 10.9. The quantitative estimate of drug-likeness (QED) is 0.520. The van der Waals surface area contributed by atoms with Crippen LogP contribution in [0.2, 0.25) is 0 Å². The van der Waals surface area contributed by atoms with Gasteiger partial charge in [0, 0.05) is 26.0 Å². The van der Waals surface area contributed by atoms with Crippen LogP contribution in [-0.2, 0) is 9.47 Å². The minimum absolute atomic E-state index is 0.0121. The summed E-state index contributed by atoms with van der Waals surface area (Å²) in [6.45, 7) is 1.90. The van der Waals surface area contributed by atoms with Crippen LogP contribution in [0.1, 0.15) is 16.8 Å². The van der Waals surface area contributed by atoms with Crippen LogP contribution < -0.4 is 10.5 Å². The molecule has 0 amide bonds. The van der Waals surface area contributed by atoms with Crippen LogP contribution in [0.25, 0.3) is 0 Å². The molecule has 6 heteroatoms. The zero-order chi connectivity index (χ0) is 14.1. The third-order valence-corrected chi connectivity index (χ3v) is 2.39. The van der Waals surface area contributed by atoms with Gasteiger partial charge in [0.15, 0.2) is 0 Å². The smallest absolute Gasteiger partial charge is 0.341 e. The Labute approximate surface area is 112 Å². The van der Waals surface area contributed by atoms with Crippen LogP contribution in [0.15, 0.2) is 18.2 Å². The van der Waals surface area contributed by atoms with Gasteiger partial charge in [0.05, 0.1) is 6.61 Å². The summed E-state index contributed by atoms with van der Waals surface area (Å²) < 4.78 is 15.6. The molecule has 0 aliphatic rings. The van der Waals surface area contributed by atoms with Crippen LogP contribution in [0, 0.1) is 0 Å². The lowest BCUT2D eigenvalue weighted by molar-refractivity contribution is 0.0678. The molecule has 3 N–H and O–H groups in total. The Kier molecular flexibility index (Phi) is 6.70. The van der Waals surface area contributed by atoms with Gasteiger partial charge in [-0.1, -0.05) is 6.07 Å². The van der Waals surface area contributed by atoms with E-state index >= 15 is 0 Å². The number of aromatic carboxylic acids is 1. The summed E-state index contributed by atoms with van der Waals surface area (Å²) in [5.41, 5.74) is 5.78. The molecule has 0 saturated carbocycles.